The number of nitrogen functional groups attached to an aromatic ring is 1. The quantitative estimate of drug-likeness (QED) is 0.731. The van der Waals surface area contributed by atoms with Crippen LogP contribution in [0.1, 0.15) is 19.3 Å². The molecule has 0 aromatic heterocycles. The van der Waals surface area contributed by atoms with E-state index < -0.39 is 10.0 Å². The van der Waals surface area contributed by atoms with Crippen LogP contribution in [0.3, 0.4) is 0 Å². The van der Waals surface area contributed by atoms with E-state index in [-0.39, 0.29) is 31.4 Å². The van der Waals surface area contributed by atoms with Crippen molar-refractivity contribution in [3.05, 3.63) is 24.3 Å². The summed E-state index contributed by atoms with van der Waals surface area (Å²) in [4.78, 5) is 0. The highest BCUT2D eigenvalue weighted by molar-refractivity contribution is 7.89. The van der Waals surface area contributed by atoms with Crippen LogP contribution in [-0.2, 0) is 10.0 Å². The van der Waals surface area contributed by atoms with Crippen molar-refractivity contribution in [2.75, 3.05) is 24.6 Å². The van der Waals surface area contributed by atoms with Crippen LogP contribution in [-0.4, -0.2) is 37.7 Å². The molecule has 1 saturated carbocycles. The molecule has 6 nitrogen and oxygen atoms in total. The molecule has 114 valence electrons. The van der Waals surface area contributed by atoms with Crippen molar-refractivity contribution in [1.82, 2.24) is 4.31 Å². The van der Waals surface area contributed by atoms with Gasteiger partial charge in [0.05, 0.1) is 11.8 Å². The zero-order valence-electron chi connectivity index (χ0n) is 11.7. The molecule has 0 unspecified atom stereocenters. The molecule has 1 aliphatic rings. The van der Waals surface area contributed by atoms with Gasteiger partial charge in [0.15, 0.2) is 0 Å². The first-order valence-electron chi connectivity index (χ1n) is 6.88. The van der Waals surface area contributed by atoms with E-state index in [2.05, 4.69) is 0 Å². The third-order valence-electron chi connectivity index (χ3n) is 3.25. The van der Waals surface area contributed by atoms with Gasteiger partial charge in [-0.2, -0.15) is 9.57 Å². The average Bonchev–Trinajstić information content (AvgIpc) is 3.26. The van der Waals surface area contributed by atoms with E-state index in [1.807, 2.05) is 6.07 Å². The summed E-state index contributed by atoms with van der Waals surface area (Å²) in [6, 6.07) is 8.87. The molecule has 2 N–H and O–H groups in total. The molecule has 0 heterocycles. The topological polar surface area (TPSA) is 96.4 Å². The minimum atomic E-state index is -3.38. The molecular formula is C14H19N3O3S. The van der Waals surface area contributed by atoms with Gasteiger partial charge in [-0.05, 0) is 37.1 Å². The molecule has 1 fully saturated rings. The fourth-order valence-electron chi connectivity index (χ4n) is 2.02. The van der Waals surface area contributed by atoms with Crippen molar-refractivity contribution in [3.63, 3.8) is 0 Å². The molecule has 0 bridgehead atoms. The molecular weight excluding hydrogens is 290 g/mol. The molecule has 0 spiro atoms. The van der Waals surface area contributed by atoms with Crippen LogP contribution in [0.2, 0.25) is 0 Å². The number of benzene rings is 1. The van der Waals surface area contributed by atoms with Crippen LogP contribution in [0.15, 0.2) is 24.3 Å². The Morgan fingerprint density at radius 1 is 1.33 bits per heavy atom. The Balaban J connectivity index is 1.87. The normalized spacial score (nSPS) is 14.9. The third kappa shape index (κ3) is 4.62. The number of nitrogens with zero attached hydrogens (tertiary/aromatic N) is 2. The molecule has 0 aliphatic heterocycles. The largest absolute Gasteiger partial charge is 0.492 e. The number of hydrogen-bond acceptors (Lipinski definition) is 5. The Kier molecular flexibility index (Phi) is 5.04. The predicted molar refractivity (Wildman–Crippen MR) is 80.1 cm³/mol. The van der Waals surface area contributed by atoms with E-state index in [0.29, 0.717) is 11.4 Å². The van der Waals surface area contributed by atoms with Gasteiger partial charge in [-0.3, -0.25) is 0 Å². The number of anilines is 1. The fraction of sp³-hybridized carbons (Fsp3) is 0.500. The number of sulfonamides is 1. The second-order valence-electron chi connectivity index (χ2n) is 4.98. The van der Waals surface area contributed by atoms with Crippen LogP contribution in [0, 0.1) is 11.3 Å². The van der Waals surface area contributed by atoms with Gasteiger partial charge in [0, 0.05) is 24.7 Å². The number of nitriles is 1. The lowest BCUT2D eigenvalue weighted by Gasteiger charge is -2.20. The van der Waals surface area contributed by atoms with Crippen molar-refractivity contribution in [1.29, 1.82) is 5.26 Å². The van der Waals surface area contributed by atoms with Gasteiger partial charge in [-0.1, -0.05) is 0 Å². The van der Waals surface area contributed by atoms with E-state index in [1.54, 1.807) is 24.3 Å². The highest BCUT2D eigenvalue weighted by atomic mass is 32.2. The summed E-state index contributed by atoms with van der Waals surface area (Å²) in [6.07, 6.45) is 1.97. The second-order valence-corrected chi connectivity index (χ2v) is 7.02. The summed E-state index contributed by atoms with van der Waals surface area (Å²) in [6.45, 7) is 0.355. The van der Waals surface area contributed by atoms with E-state index in [4.69, 9.17) is 15.7 Å². The molecule has 7 heteroatoms. The zero-order valence-corrected chi connectivity index (χ0v) is 12.6. The summed E-state index contributed by atoms with van der Waals surface area (Å²) < 4.78 is 31.4. The van der Waals surface area contributed by atoms with E-state index in [0.717, 1.165) is 12.8 Å². The SMILES string of the molecule is N#CCCN(C1CC1)S(=O)(=O)CCOc1ccc(N)cc1. The third-order valence-corrected chi connectivity index (χ3v) is 5.12. The summed E-state index contributed by atoms with van der Waals surface area (Å²) in [7, 11) is -3.38. The summed E-state index contributed by atoms with van der Waals surface area (Å²) in [5.74, 6) is 0.508. The maximum atomic E-state index is 12.3. The van der Waals surface area contributed by atoms with Crippen molar-refractivity contribution in [2.45, 2.75) is 25.3 Å². The Bertz CT molecular complexity index is 603. The van der Waals surface area contributed by atoms with Crippen LogP contribution < -0.4 is 10.5 Å². The smallest absolute Gasteiger partial charge is 0.217 e. The summed E-state index contributed by atoms with van der Waals surface area (Å²) in [5, 5.41) is 8.62. The van der Waals surface area contributed by atoms with Crippen molar-refractivity contribution in [3.8, 4) is 11.8 Å². The Hall–Kier alpha value is -1.78. The highest BCUT2D eigenvalue weighted by Crippen LogP contribution is 2.29. The minimum Gasteiger partial charge on any atom is -0.492 e. The standard InChI is InChI=1S/C14H19N3O3S/c15-8-1-9-17(13-4-5-13)21(18,19)11-10-20-14-6-2-12(16)3-7-14/h2-3,6-7,13H,1,4-5,9-11,16H2. The van der Waals surface area contributed by atoms with Gasteiger partial charge in [0.2, 0.25) is 10.0 Å². The molecule has 0 atom stereocenters. The minimum absolute atomic E-state index is 0.0693. The van der Waals surface area contributed by atoms with Gasteiger partial charge in [0.1, 0.15) is 12.4 Å². The van der Waals surface area contributed by atoms with Gasteiger partial charge in [-0.15, -0.1) is 0 Å². The first-order chi connectivity index (χ1) is 10.0. The molecule has 1 aliphatic carbocycles. The van der Waals surface area contributed by atoms with Gasteiger partial charge < -0.3 is 10.5 Å². The van der Waals surface area contributed by atoms with Gasteiger partial charge in [0.25, 0.3) is 0 Å². The first kappa shape index (κ1) is 15.6. The maximum absolute atomic E-state index is 12.3. The Morgan fingerprint density at radius 2 is 2.00 bits per heavy atom. The van der Waals surface area contributed by atoms with E-state index >= 15 is 0 Å². The summed E-state index contributed by atoms with van der Waals surface area (Å²) >= 11 is 0. The second kappa shape index (κ2) is 6.78. The fourth-order valence-corrected chi connectivity index (χ4v) is 3.58. The van der Waals surface area contributed by atoms with Crippen molar-refractivity contribution >= 4 is 15.7 Å². The van der Waals surface area contributed by atoms with E-state index in [1.165, 1.54) is 4.31 Å². The average molecular weight is 309 g/mol. The highest BCUT2D eigenvalue weighted by Gasteiger charge is 2.36. The number of ether oxygens (including phenoxy) is 1. The molecule has 0 radical (unpaired) electrons. The molecule has 1 aromatic rings. The molecule has 21 heavy (non-hydrogen) atoms. The van der Waals surface area contributed by atoms with E-state index in [9.17, 15) is 8.42 Å². The lowest BCUT2D eigenvalue weighted by Crippen LogP contribution is -2.37. The molecule has 1 aromatic carbocycles. The van der Waals surface area contributed by atoms with Crippen LogP contribution in [0.25, 0.3) is 0 Å². The maximum Gasteiger partial charge on any atom is 0.217 e. The van der Waals surface area contributed by atoms with Gasteiger partial charge >= 0.3 is 0 Å². The lowest BCUT2D eigenvalue weighted by molar-refractivity contribution is 0.333. The first-order valence-corrected chi connectivity index (χ1v) is 8.48. The Morgan fingerprint density at radius 3 is 2.57 bits per heavy atom. The van der Waals surface area contributed by atoms with Crippen LogP contribution >= 0.6 is 0 Å². The predicted octanol–water partition coefficient (Wildman–Crippen LogP) is 1.36. The molecule has 2 rings (SSSR count). The van der Waals surface area contributed by atoms with Gasteiger partial charge in [-0.25, -0.2) is 8.42 Å². The Labute approximate surface area is 125 Å². The lowest BCUT2D eigenvalue weighted by atomic mass is 10.3. The molecule has 0 saturated heterocycles. The monoisotopic (exact) mass is 309 g/mol. The molecule has 0 amide bonds. The number of nitrogens with two attached hydrogens (primary N) is 1. The zero-order chi connectivity index (χ0) is 15.3. The number of hydrogen-bond donors (Lipinski definition) is 1. The van der Waals surface area contributed by atoms with Crippen molar-refractivity contribution < 1.29 is 13.2 Å². The summed E-state index contributed by atoms with van der Waals surface area (Å²) in [5.41, 5.74) is 6.20. The van der Waals surface area contributed by atoms with Crippen LogP contribution in [0.4, 0.5) is 5.69 Å². The number of rotatable bonds is 8. The van der Waals surface area contributed by atoms with Crippen molar-refractivity contribution in [2.24, 2.45) is 0 Å². The van der Waals surface area contributed by atoms with Crippen LogP contribution in [0.5, 0.6) is 5.75 Å².